The molecule has 1 aliphatic heterocycles. The summed E-state index contributed by atoms with van der Waals surface area (Å²) in [6, 6.07) is 0. The van der Waals surface area contributed by atoms with Gasteiger partial charge >= 0.3 is 0 Å². The van der Waals surface area contributed by atoms with Crippen molar-refractivity contribution in [1.29, 1.82) is 0 Å². The van der Waals surface area contributed by atoms with Crippen LogP contribution in [0.15, 0.2) is 0 Å². The van der Waals surface area contributed by atoms with Gasteiger partial charge in [-0.15, -0.1) is 0 Å². The van der Waals surface area contributed by atoms with Gasteiger partial charge in [0.2, 0.25) is 5.72 Å². The zero-order chi connectivity index (χ0) is 20.9. The first kappa shape index (κ1) is 24.2. The van der Waals surface area contributed by atoms with E-state index in [-0.39, 0.29) is 13.0 Å². The Morgan fingerprint density at radius 3 is 2.11 bits per heavy atom. The molecule has 27 heavy (non-hydrogen) atoms. The van der Waals surface area contributed by atoms with Crippen LogP contribution in [0.3, 0.4) is 0 Å². The number of carbonyl (C=O) groups is 1. The van der Waals surface area contributed by atoms with Gasteiger partial charge < -0.3 is 10.1 Å². The molecule has 11 nitrogen and oxygen atoms in total. The quantitative estimate of drug-likeness (QED) is 0.299. The van der Waals surface area contributed by atoms with E-state index in [4.69, 9.17) is 18.8 Å². The van der Waals surface area contributed by atoms with Crippen molar-refractivity contribution in [3.8, 4) is 0 Å². The third kappa shape index (κ3) is 7.25. The fraction of sp³-hybridized carbons (Fsp3) is 0.929. The van der Waals surface area contributed by atoms with E-state index in [9.17, 15) is 21.6 Å². The van der Waals surface area contributed by atoms with Crippen molar-refractivity contribution in [1.82, 2.24) is 10.2 Å². The first-order chi connectivity index (χ1) is 12.2. The molecule has 3 N–H and O–H groups in total. The third-order valence-corrected chi connectivity index (χ3v) is 5.47. The van der Waals surface area contributed by atoms with E-state index in [0.717, 1.165) is 6.26 Å². The molecule has 1 heterocycles. The summed E-state index contributed by atoms with van der Waals surface area (Å²) in [6.45, 7) is 5.93. The fourth-order valence-corrected chi connectivity index (χ4v) is 4.25. The van der Waals surface area contributed by atoms with Crippen molar-refractivity contribution < 1.29 is 34.7 Å². The van der Waals surface area contributed by atoms with Crippen LogP contribution in [0, 0.1) is 0 Å². The Hall–Kier alpha value is -0.830. The van der Waals surface area contributed by atoms with E-state index in [1.54, 1.807) is 0 Å². The predicted molar refractivity (Wildman–Crippen MR) is 97.7 cm³/mol. The molecule has 0 aromatic carbocycles. The van der Waals surface area contributed by atoms with Gasteiger partial charge in [-0.1, -0.05) is 6.92 Å². The molecule has 2 atom stereocenters. The molecule has 160 valence electrons. The molecule has 1 aliphatic rings. The largest absolute Gasteiger partial charge is 0.379 e. The van der Waals surface area contributed by atoms with E-state index in [1.807, 2.05) is 4.90 Å². The highest BCUT2D eigenvalue weighted by Crippen LogP contribution is 2.32. The normalized spacial score (nSPS) is 21.2. The molecule has 0 bridgehead atoms. The van der Waals surface area contributed by atoms with Gasteiger partial charge in [0.1, 0.15) is 5.60 Å². The average molecular weight is 432 g/mol. The number of nitrogens with zero attached hydrogens (tertiary/aromatic N) is 1. The summed E-state index contributed by atoms with van der Waals surface area (Å²) in [5.41, 5.74) is 1.48. The molecule has 1 amide bonds. The van der Waals surface area contributed by atoms with Gasteiger partial charge in [-0.3, -0.25) is 19.6 Å². The van der Waals surface area contributed by atoms with Gasteiger partial charge in [0.15, 0.2) is 0 Å². The lowest BCUT2D eigenvalue weighted by Crippen LogP contribution is -2.70. The summed E-state index contributed by atoms with van der Waals surface area (Å²) in [7, 11) is -8.27. The molecule has 0 radical (unpaired) electrons. The van der Waals surface area contributed by atoms with Crippen LogP contribution in [0.5, 0.6) is 0 Å². The molecule has 0 aromatic heterocycles. The lowest BCUT2D eigenvalue weighted by Gasteiger charge is -2.41. The Labute approximate surface area is 160 Å². The number of rotatable bonds is 10. The van der Waals surface area contributed by atoms with E-state index in [2.05, 4.69) is 5.32 Å². The molecule has 0 spiro atoms. The summed E-state index contributed by atoms with van der Waals surface area (Å²) in [6.07, 6.45) is 1.38. The summed E-state index contributed by atoms with van der Waals surface area (Å²) >= 11 is 0. The highest BCUT2D eigenvalue weighted by Gasteiger charge is 2.56. The van der Waals surface area contributed by atoms with Crippen LogP contribution in [-0.4, -0.2) is 90.9 Å². The molecule has 0 saturated carbocycles. The second-order valence-corrected chi connectivity index (χ2v) is 9.75. The Morgan fingerprint density at radius 2 is 1.67 bits per heavy atom. The Kier molecular flexibility index (Phi) is 8.17. The summed E-state index contributed by atoms with van der Waals surface area (Å²) < 4.78 is 61.7. The van der Waals surface area contributed by atoms with Crippen LogP contribution in [0.2, 0.25) is 0 Å². The number of amides is 1. The van der Waals surface area contributed by atoms with Crippen molar-refractivity contribution in [3.05, 3.63) is 0 Å². The highest BCUT2D eigenvalue weighted by molar-refractivity contribution is 7.86. The maximum absolute atomic E-state index is 12.7. The minimum absolute atomic E-state index is 0.108. The molecule has 0 aliphatic carbocycles. The summed E-state index contributed by atoms with van der Waals surface area (Å²) in [5, 5.41) is 2.51. The summed E-state index contributed by atoms with van der Waals surface area (Å²) in [5.74, 6) is -0.991. The fourth-order valence-electron chi connectivity index (χ4n) is 2.61. The van der Waals surface area contributed by atoms with Crippen molar-refractivity contribution in [3.63, 3.8) is 0 Å². The molecule has 1 fully saturated rings. The van der Waals surface area contributed by atoms with Crippen molar-refractivity contribution in [2.45, 2.75) is 31.6 Å². The van der Waals surface area contributed by atoms with Gasteiger partial charge in [0.05, 0.1) is 25.7 Å². The average Bonchev–Trinajstić information content (AvgIpc) is 2.52. The second-order valence-electron chi connectivity index (χ2n) is 6.60. The molecular formula is C14H29N3O8S2. The predicted octanol–water partition coefficient (Wildman–Crippen LogP) is -1.79. The van der Waals surface area contributed by atoms with E-state index in [1.165, 1.54) is 13.8 Å². The first-order valence-corrected chi connectivity index (χ1v) is 12.0. The Morgan fingerprint density at radius 1 is 1.15 bits per heavy atom. The Balaban J connectivity index is 3.00. The van der Waals surface area contributed by atoms with Gasteiger partial charge in [-0.25, -0.2) is 4.18 Å². The first-order valence-electron chi connectivity index (χ1n) is 8.41. The second kappa shape index (κ2) is 9.11. The van der Waals surface area contributed by atoms with Crippen molar-refractivity contribution in [2.24, 2.45) is 5.73 Å². The minimum Gasteiger partial charge on any atom is -0.379 e. The van der Waals surface area contributed by atoms with Gasteiger partial charge in [-0.2, -0.15) is 16.8 Å². The van der Waals surface area contributed by atoms with Crippen LogP contribution >= 0.6 is 0 Å². The number of ether oxygens (including phenoxy) is 1. The number of carbonyl (C=O) groups excluding carboxylic acids is 1. The Bertz CT molecular complexity index is 721. The molecule has 2 unspecified atom stereocenters. The number of morpholine rings is 1. The highest BCUT2D eigenvalue weighted by atomic mass is 32.2. The zero-order valence-corrected chi connectivity index (χ0v) is 17.7. The van der Waals surface area contributed by atoms with Crippen LogP contribution < -0.4 is 11.1 Å². The van der Waals surface area contributed by atoms with Crippen molar-refractivity contribution in [2.75, 3.05) is 51.9 Å². The van der Waals surface area contributed by atoms with Gasteiger partial charge in [0, 0.05) is 26.2 Å². The maximum atomic E-state index is 12.7. The number of hydrogen-bond acceptors (Lipinski definition) is 10. The van der Waals surface area contributed by atoms with E-state index >= 15 is 0 Å². The van der Waals surface area contributed by atoms with Gasteiger partial charge in [0.25, 0.3) is 26.1 Å². The van der Waals surface area contributed by atoms with E-state index < -0.39 is 37.5 Å². The van der Waals surface area contributed by atoms with E-state index in [0.29, 0.717) is 39.1 Å². The zero-order valence-electron chi connectivity index (χ0n) is 16.1. The van der Waals surface area contributed by atoms with Gasteiger partial charge in [-0.05, 0) is 13.3 Å². The smallest absolute Gasteiger partial charge is 0.271 e. The number of nitrogens with two attached hydrogens (primary N) is 1. The molecular weight excluding hydrogens is 402 g/mol. The van der Waals surface area contributed by atoms with Crippen LogP contribution in [-0.2, 0) is 38.1 Å². The monoisotopic (exact) mass is 431 g/mol. The van der Waals surface area contributed by atoms with Crippen LogP contribution in [0.25, 0.3) is 0 Å². The maximum Gasteiger partial charge on any atom is 0.271 e. The topological polar surface area (TPSA) is 154 Å². The molecule has 1 rings (SSSR count). The lowest BCUT2D eigenvalue weighted by molar-refractivity contribution is -0.157. The standard InChI is InChI=1S/C14H29N3O8S2/c1-5-13(2,24-26(3,19)20)14(15,25-27(4,21)22)12(18)16-6-7-17-8-10-23-11-9-17/h5-11,15H2,1-4H3,(H,16,18). The minimum atomic E-state index is -4.21. The number of hydrogen-bond donors (Lipinski definition) is 2. The third-order valence-electron chi connectivity index (χ3n) is 4.23. The molecule has 13 heteroatoms. The van der Waals surface area contributed by atoms with Crippen molar-refractivity contribution >= 4 is 26.1 Å². The molecule has 1 saturated heterocycles. The van der Waals surface area contributed by atoms with Crippen LogP contribution in [0.1, 0.15) is 20.3 Å². The molecule has 0 aromatic rings. The SMILES string of the molecule is CCC(C)(OS(C)(=O)=O)C(N)(OS(C)(=O)=O)C(=O)NCCN1CCOCC1. The van der Waals surface area contributed by atoms with Crippen LogP contribution in [0.4, 0.5) is 0 Å². The lowest BCUT2D eigenvalue weighted by atomic mass is 9.89. The summed E-state index contributed by atoms with van der Waals surface area (Å²) in [4.78, 5) is 14.8. The number of nitrogens with one attached hydrogen (secondary N) is 1.